The van der Waals surface area contributed by atoms with Gasteiger partial charge in [-0.15, -0.1) is 11.3 Å². The Hall–Kier alpha value is -1.87. The molecule has 0 saturated carbocycles. The van der Waals surface area contributed by atoms with E-state index in [2.05, 4.69) is 9.47 Å². The molecule has 0 unspecified atom stereocenters. The van der Waals surface area contributed by atoms with Crippen molar-refractivity contribution in [2.75, 3.05) is 14.2 Å². The molecule has 0 atom stereocenters. The third-order valence-electron chi connectivity index (χ3n) is 2.21. The lowest BCUT2D eigenvalue weighted by Crippen LogP contribution is -2.09. The standard InChI is InChI=1S/C11H11NO4S/c1-6-8(5-12)7(4-9(13)15-2)10(17-6)11(14)16-3/h4H2,1-3H3. The lowest BCUT2D eigenvalue weighted by atomic mass is 10.1. The minimum Gasteiger partial charge on any atom is -0.469 e. The highest BCUT2D eigenvalue weighted by Gasteiger charge is 2.23. The molecule has 0 aromatic carbocycles. The molecule has 0 spiro atoms. The van der Waals surface area contributed by atoms with Crippen LogP contribution in [0.5, 0.6) is 0 Å². The SMILES string of the molecule is COC(=O)Cc1c(C(=O)OC)sc(C)c1C#N. The maximum absolute atomic E-state index is 11.5. The summed E-state index contributed by atoms with van der Waals surface area (Å²) in [7, 11) is 2.51. The Morgan fingerprint density at radius 1 is 1.35 bits per heavy atom. The van der Waals surface area contributed by atoms with E-state index < -0.39 is 11.9 Å². The largest absolute Gasteiger partial charge is 0.469 e. The predicted molar refractivity (Wildman–Crippen MR) is 60.8 cm³/mol. The monoisotopic (exact) mass is 253 g/mol. The first-order valence-electron chi connectivity index (χ1n) is 4.72. The highest BCUT2D eigenvalue weighted by Crippen LogP contribution is 2.28. The molecule has 6 heteroatoms. The van der Waals surface area contributed by atoms with Crippen molar-refractivity contribution in [2.24, 2.45) is 0 Å². The molecule has 0 bridgehead atoms. The van der Waals surface area contributed by atoms with Gasteiger partial charge in [-0.25, -0.2) is 4.79 Å². The molecule has 1 aromatic heterocycles. The molecule has 1 heterocycles. The maximum Gasteiger partial charge on any atom is 0.348 e. The van der Waals surface area contributed by atoms with Gasteiger partial charge in [0.1, 0.15) is 10.9 Å². The third-order valence-corrected chi connectivity index (χ3v) is 3.34. The zero-order chi connectivity index (χ0) is 13.0. The highest BCUT2D eigenvalue weighted by molar-refractivity contribution is 7.14. The summed E-state index contributed by atoms with van der Waals surface area (Å²) >= 11 is 1.15. The van der Waals surface area contributed by atoms with Crippen molar-refractivity contribution in [3.8, 4) is 6.07 Å². The summed E-state index contributed by atoms with van der Waals surface area (Å²) in [4.78, 5) is 23.7. The summed E-state index contributed by atoms with van der Waals surface area (Å²) in [5, 5.41) is 9.01. The van der Waals surface area contributed by atoms with Gasteiger partial charge in [0.15, 0.2) is 0 Å². The summed E-state index contributed by atoms with van der Waals surface area (Å²) in [6, 6.07) is 1.99. The van der Waals surface area contributed by atoms with Crippen LogP contribution in [0, 0.1) is 18.3 Å². The van der Waals surface area contributed by atoms with Crippen LogP contribution in [0.25, 0.3) is 0 Å². The Bertz CT molecular complexity index is 498. The van der Waals surface area contributed by atoms with Gasteiger partial charge in [0.2, 0.25) is 0 Å². The van der Waals surface area contributed by atoms with Crippen LogP contribution in [0.3, 0.4) is 0 Å². The van der Waals surface area contributed by atoms with Crippen molar-refractivity contribution in [1.29, 1.82) is 5.26 Å². The Balaban J connectivity index is 3.27. The van der Waals surface area contributed by atoms with E-state index in [1.165, 1.54) is 14.2 Å². The van der Waals surface area contributed by atoms with Gasteiger partial charge in [0.25, 0.3) is 0 Å². The smallest absolute Gasteiger partial charge is 0.348 e. The van der Waals surface area contributed by atoms with E-state index in [9.17, 15) is 9.59 Å². The Morgan fingerprint density at radius 3 is 2.47 bits per heavy atom. The van der Waals surface area contributed by atoms with E-state index in [4.69, 9.17) is 5.26 Å². The number of nitriles is 1. The number of carbonyl (C=O) groups is 2. The summed E-state index contributed by atoms with van der Waals surface area (Å²) in [5.41, 5.74) is 0.731. The van der Waals surface area contributed by atoms with E-state index in [1.807, 2.05) is 6.07 Å². The van der Waals surface area contributed by atoms with Crippen molar-refractivity contribution in [2.45, 2.75) is 13.3 Å². The second-order valence-electron chi connectivity index (χ2n) is 3.20. The van der Waals surface area contributed by atoms with Gasteiger partial charge in [0.05, 0.1) is 26.2 Å². The Morgan fingerprint density at radius 2 is 2.00 bits per heavy atom. The van der Waals surface area contributed by atoms with Crippen LogP contribution < -0.4 is 0 Å². The first kappa shape index (κ1) is 13.2. The molecule has 0 aliphatic heterocycles. The zero-order valence-corrected chi connectivity index (χ0v) is 10.5. The molecule has 0 N–H and O–H groups in total. The van der Waals surface area contributed by atoms with E-state index in [1.54, 1.807) is 6.92 Å². The first-order valence-corrected chi connectivity index (χ1v) is 5.54. The van der Waals surface area contributed by atoms with Crippen LogP contribution in [0.4, 0.5) is 0 Å². The van der Waals surface area contributed by atoms with Crippen LogP contribution >= 0.6 is 11.3 Å². The van der Waals surface area contributed by atoms with E-state index >= 15 is 0 Å². The number of methoxy groups -OCH3 is 2. The molecule has 0 fully saturated rings. The van der Waals surface area contributed by atoms with Crippen LogP contribution in [-0.2, 0) is 20.7 Å². The maximum atomic E-state index is 11.5. The molecule has 17 heavy (non-hydrogen) atoms. The number of esters is 2. The van der Waals surface area contributed by atoms with Crippen LogP contribution in [-0.4, -0.2) is 26.2 Å². The molecule has 0 amide bonds. The van der Waals surface area contributed by atoms with Gasteiger partial charge in [-0.1, -0.05) is 0 Å². The molecular formula is C11H11NO4S. The summed E-state index contributed by atoms with van der Waals surface area (Å²) in [6.45, 7) is 1.72. The van der Waals surface area contributed by atoms with Gasteiger partial charge in [0, 0.05) is 10.4 Å². The number of hydrogen-bond donors (Lipinski definition) is 0. The topological polar surface area (TPSA) is 76.4 Å². The fourth-order valence-corrected chi connectivity index (χ4v) is 2.42. The number of hydrogen-bond acceptors (Lipinski definition) is 6. The van der Waals surface area contributed by atoms with Crippen LogP contribution in [0.2, 0.25) is 0 Å². The average molecular weight is 253 g/mol. The van der Waals surface area contributed by atoms with Crippen molar-refractivity contribution >= 4 is 23.3 Å². The predicted octanol–water partition coefficient (Wildman–Crippen LogP) is 1.43. The van der Waals surface area contributed by atoms with Crippen molar-refractivity contribution in [1.82, 2.24) is 0 Å². The molecule has 1 aromatic rings. The average Bonchev–Trinajstić information content (AvgIpc) is 2.64. The van der Waals surface area contributed by atoms with Gasteiger partial charge in [-0.3, -0.25) is 4.79 Å². The minimum atomic E-state index is -0.543. The van der Waals surface area contributed by atoms with Gasteiger partial charge in [-0.05, 0) is 6.92 Å². The van der Waals surface area contributed by atoms with Crippen LogP contribution in [0.1, 0.15) is 25.7 Å². The van der Waals surface area contributed by atoms with Crippen molar-refractivity contribution in [3.63, 3.8) is 0 Å². The summed E-state index contributed by atoms with van der Waals surface area (Å²) in [5.74, 6) is -1.04. The lowest BCUT2D eigenvalue weighted by Gasteiger charge is -2.01. The minimum absolute atomic E-state index is 0.103. The molecule has 90 valence electrons. The molecule has 5 nitrogen and oxygen atoms in total. The van der Waals surface area contributed by atoms with Crippen molar-refractivity contribution < 1.29 is 19.1 Å². The normalized spacial score (nSPS) is 9.53. The Kier molecular flexibility index (Phi) is 4.24. The van der Waals surface area contributed by atoms with Gasteiger partial charge >= 0.3 is 11.9 Å². The lowest BCUT2D eigenvalue weighted by molar-refractivity contribution is -0.139. The summed E-state index contributed by atoms with van der Waals surface area (Å²) in [6.07, 6.45) is -0.103. The summed E-state index contributed by atoms with van der Waals surface area (Å²) < 4.78 is 9.15. The second kappa shape index (κ2) is 5.46. The molecule has 1 rings (SSSR count). The molecular weight excluding hydrogens is 242 g/mol. The Labute approximate surface area is 103 Å². The van der Waals surface area contributed by atoms with Crippen molar-refractivity contribution in [3.05, 3.63) is 20.9 Å². The van der Waals surface area contributed by atoms with Gasteiger partial charge < -0.3 is 9.47 Å². The quantitative estimate of drug-likeness (QED) is 0.761. The molecule has 0 radical (unpaired) electrons. The van der Waals surface area contributed by atoms with E-state index in [0.717, 1.165) is 11.3 Å². The zero-order valence-electron chi connectivity index (χ0n) is 9.70. The fraction of sp³-hybridized carbons (Fsp3) is 0.364. The third kappa shape index (κ3) is 2.63. The number of ether oxygens (including phenoxy) is 2. The number of aryl methyl sites for hydroxylation is 1. The highest BCUT2D eigenvalue weighted by atomic mass is 32.1. The number of nitrogens with zero attached hydrogens (tertiary/aromatic N) is 1. The van der Waals surface area contributed by atoms with Crippen LogP contribution in [0.15, 0.2) is 0 Å². The molecule has 0 saturated heterocycles. The molecule has 0 aliphatic carbocycles. The number of carbonyl (C=O) groups excluding carboxylic acids is 2. The number of rotatable bonds is 3. The fourth-order valence-electron chi connectivity index (χ4n) is 1.38. The second-order valence-corrected chi connectivity index (χ2v) is 4.42. The first-order chi connectivity index (χ1) is 8.04. The number of thiophene rings is 1. The van der Waals surface area contributed by atoms with Gasteiger partial charge in [-0.2, -0.15) is 5.26 Å². The van der Waals surface area contributed by atoms with E-state index in [0.29, 0.717) is 16.0 Å². The van der Waals surface area contributed by atoms with E-state index in [-0.39, 0.29) is 11.3 Å². The molecule has 0 aliphatic rings.